The van der Waals surface area contributed by atoms with Crippen LogP contribution in [0.3, 0.4) is 0 Å². The van der Waals surface area contributed by atoms with Crippen LogP contribution >= 0.6 is 0 Å². The Morgan fingerprint density at radius 2 is 0.625 bits per heavy atom. The molecule has 32 heavy (non-hydrogen) atoms. The maximum Gasteiger partial charge on any atom is 0.0431 e. The van der Waals surface area contributed by atoms with Crippen molar-refractivity contribution in [3.8, 4) is 0 Å². The van der Waals surface area contributed by atoms with Crippen LogP contribution in [0.1, 0.15) is 187 Å². The second-order valence-electron chi connectivity index (χ2n) is 10.9. The summed E-state index contributed by atoms with van der Waals surface area (Å²) in [6.45, 7) is 5.15. The average molecular weight is 453 g/mol. The molecule has 0 heterocycles. The summed E-state index contributed by atoms with van der Waals surface area (Å²) in [5, 5.41) is 8.78. The van der Waals surface area contributed by atoms with Gasteiger partial charge in [-0.25, -0.2) is 0 Å². The highest BCUT2D eigenvalue weighted by Crippen LogP contribution is 2.19. The minimum atomic E-state index is 0.372. The Labute approximate surface area is 204 Å². The zero-order valence-electron chi connectivity index (χ0n) is 22.8. The second kappa shape index (κ2) is 29.0. The SMILES string of the molecule is CCCCCCCCCCCCCCCCCCCC(C)CCCCCCCCCCO. The third kappa shape index (κ3) is 28.0. The normalized spacial score (nSPS) is 12.5. The van der Waals surface area contributed by atoms with E-state index in [0.29, 0.717) is 6.61 Å². The van der Waals surface area contributed by atoms with Gasteiger partial charge in [0.15, 0.2) is 0 Å². The average Bonchev–Trinajstić information content (AvgIpc) is 2.80. The number of aliphatic hydroxyl groups is 1. The molecule has 1 atom stereocenters. The number of aliphatic hydroxyl groups excluding tert-OH is 1. The van der Waals surface area contributed by atoms with Crippen LogP contribution in [0.5, 0.6) is 0 Å². The van der Waals surface area contributed by atoms with Crippen molar-refractivity contribution in [2.45, 2.75) is 187 Å². The van der Waals surface area contributed by atoms with E-state index in [4.69, 9.17) is 5.11 Å². The highest BCUT2D eigenvalue weighted by molar-refractivity contribution is 4.56. The van der Waals surface area contributed by atoms with Crippen molar-refractivity contribution in [3.05, 3.63) is 0 Å². The van der Waals surface area contributed by atoms with Crippen LogP contribution in [0.15, 0.2) is 0 Å². The number of hydrogen-bond acceptors (Lipinski definition) is 1. The predicted octanol–water partition coefficient (Wildman–Crippen LogP) is 11.2. The van der Waals surface area contributed by atoms with E-state index in [2.05, 4.69) is 13.8 Å². The van der Waals surface area contributed by atoms with Gasteiger partial charge in [0.25, 0.3) is 0 Å². The van der Waals surface area contributed by atoms with E-state index in [1.807, 2.05) is 0 Å². The van der Waals surface area contributed by atoms with Gasteiger partial charge >= 0.3 is 0 Å². The summed E-state index contributed by atoms with van der Waals surface area (Å²) in [7, 11) is 0. The Morgan fingerprint density at radius 1 is 0.375 bits per heavy atom. The van der Waals surface area contributed by atoms with E-state index in [-0.39, 0.29) is 0 Å². The van der Waals surface area contributed by atoms with E-state index in [0.717, 1.165) is 12.3 Å². The molecule has 0 aliphatic heterocycles. The third-order valence-electron chi connectivity index (χ3n) is 7.41. The van der Waals surface area contributed by atoms with Crippen LogP contribution in [0.4, 0.5) is 0 Å². The van der Waals surface area contributed by atoms with E-state index in [1.165, 1.54) is 167 Å². The van der Waals surface area contributed by atoms with E-state index >= 15 is 0 Å². The number of unbranched alkanes of at least 4 members (excludes halogenated alkanes) is 23. The van der Waals surface area contributed by atoms with Crippen LogP contribution in [0, 0.1) is 5.92 Å². The first kappa shape index (κ1) is 32.0. The van der Waals surface area contributed by atoms with E-state index < -0.39 is 0 Å². The zero-order chi connectivity index (χ0) is 23.4. The molecule has 0 saturated heterocycles. The summed E-state index contributed by atoms with van der Waals surface area (Å²) in [6, 6.07) is 0. The molecular weight excluding hydrogens is 388 g/mol. The lowest BCUT2D eigenvalue weighted by atomic mass is 9.95. The molecule has 0 rings (SSSR count). The maximum absolute atomic E-state index is 8.78. The van der Waals surface area contributed by atoms with Gasteiger partial charge in [0.1, 0.15) is 0 Å². The standard InChI is InChI=1S/C31H64O/c1-3-4-5-6-7-8-9-10-11-12-13-14-15-16-19-22-25-28-31(2)29-26-23-20-17-18-21-24-27-30-32/h31-32H,3-30H2,1-2H3. The molecule has 0 radical (unpaired) electrons. The Hall–Kier alpha value is -0.0400. The Kier molecular flexibility index (Phi) is 29.0. The quantitative estimate of drug-likeness (QED) is 0.117. The monoisotopic (exact) mass is 452 g/mol. The Morgan fingerprint density at radius 3 is 0.906 bits per heavy atom. The van der Waals surface area contributed by atoms with Gasteiger partial charge in [-0.1, -0.05) is 181 Å². The molecule has 1 unspecified atom stereocenters. The topological polar surface area (TPSA) is 20.2 Å². The zero-order valence-corrected chi connectivity index (χ0v) is 22.8. The van der Waals surface area contributed by atoms with Crippen molar-refractivity contribution in [3.63, 3.8) is 0 Å². The van der Waals surface area contributed by atoms with Crippen LogP contribution in [0.25, 0.3) is 0 Å². The van der Waals surface area contributed by atoms with Gasteiger partial charge in [-0.3, -0.25) is 0 Å². The summed E-state index contributed by atoms with van der Waals surface area (Å²) >= 11 is 0. The van der Waals surface area contributed by atoms with Gasteiger partial charge in [0, 0.05) is 6.61 Å². The molecule has 0 bridgehead atoms. The van der Waals surface area contributed by atoms with Gasteiger partial charge in [0.2, 0.25) is 0 Å². The Bertz CT molecular complexity index is 314. The van der Waals surface area contributed by atoms with Crippen molar-refractivity contribution in [1.82, 2.24) is 0 Å². The first-order valence-corrected chi connectivity index (χ1v) is 15.4. The van der Waals surface area contributed by atoms with Crippen LogP contribution in [-0.4, -0.2) is 11.7 Å². The van der Waals surface area contributed by atoms with Crippen LogP contribution in [0.2, 0.25) is 0 Å². The molecule has 1 heteroatoms. The Balaban J connectivity index is 3.11. The van der Waals surface area contributed by atoms with Gasteiger partial charge in [-0.2, -0.15) is 0 Å². The van der Waals surface area contributed by atoms with E-state index in [1.54, 1.807) is 0 Å². The molecule has 0 aromatic rings. The molecule has 1 N–H and O–H groups in total. The minimum absolute atomic E-state index is 0.372. The molecule has 0 aromatic carbocycles. The maximum atomic E-state index is 8.78. The lowest BCUT2D eigenvalue weighted by molar-refractivity contribution is 0.282. The van der Waals surface area contributed by atoms with Gasteiger partial charge in [-0.05, 0) is 12.3 Å². The largest absolute Gasteiger partial charge is 0.396 e. The highest BCUT2D eigenvalue weighted by atomic mass is 16.2. The summed E-state index contributed by atoms with van der Waals surface area (Å²) in [6.07, 6.45) is 38.5. The molecule has 0 fully saturated rings. The van der Waals surface area contributed by atoms with Crippen molar-refractivity contribution in [2.75, 3.05) is 6.61 Å². The predicted molar refractivity (Wildman–Crippen MR) is 147 cm³/mol. The van der Waals surface area contributed by atoms with Crippen LogP contribution in [-0.2, 0) is 0 Å². The fourth-order valence-corrected chi connectivity index (χ4v) is 5.03. The van der Waals surface area contributed by atoms with Crippen molar-refractivity contribution in [1.29, 1.82) is 0 Å². The van der Waals surface area contributed by atoms with Gasteiger partial charge in [0.05, 0.1) is 0 Å². The molecular formula is C31H64O. The molecule has 0 amide bonds. The molecule has 0 aliphatic rings. The fraction of sp³-hybridized carbons (Fsp3) is 1.00. The molecule has 0 aromatic heterocycles. The number of hydrogen-bond donors (Lipinski definition) is 1. The fourth-order valence-electron chi connectivity index (χ4n) is 5.03. The first-order valence-electron chi connectivity index (χ1n) is 15.4. The lowest BCUT2D eigenvalue weighted by Crippen LogP contribution is -1.95. The molecule has 1 nitrogen and oxygen atoms in total. The summed E-state index contributed by atoms with van der Waals surface area (Å²) in [5.41, 5.74) is 0. The van der Waals surface area contributed by atoms with Crippen molar-refractivity contribution >= 4 is 0 Å². The van der Waals surface area contributed by atoms with Crippen LogP contribution < -0.4 is 0 Å². The molecule has 194 valence electrons. The number of rotatable bonds is 28. The minimum Gasteiger partial charge on any atom is -0.396 e. The second-order valence-corrected chi connectivity index (χ2v) is 10.9. The molecule has 0 spiro atoms. The summed E-state index contributed by atoms with van der Waals surface area (Å²) < 4.78 is 0. The smallest absolute Gasteiger partial charge is 0.0431 e. The van der Waals surface area contributed by atoms with E-state index in [9.17, 15) is 0 Å². The van der Waals surface area contributed by atoms with Gasteiger partial charge in [-0.15, -0.1) is 0 Å². The summed E-state index contributed by atoms with van der Waals surface area (Å²) in [5.74, 6) is 0.941. The van der Waals surface area contributed by atoms with Crippen molar-refractivity contribution < 1.29 is 5.11 Å². The first-order chi connectivity index (χ1) is 15.8. The summed E-state index contributed by atoms with van der Waals surface area (Å²) in [4.78, 5) is 0. The molecule has 0 aliphatic carbocycles. The van der Waals surface area contributed by atoms with Crippen molar-refractivity contribution in [2.24, 2.45) is 5.92 Å². The third-order valence-corrected chi connectivity index (χ3v) is 7.41. The highest BCUT2D eigenvalue weighted by Gasteiger charge is 2.02. The van der Waals surface area contributed by atoms with Gasteiger partial charge < -0.3 is 5.11 Å². The lowest BCUT2D eigenvalue weighted by Gasteiger charge is -2.11. The molecule has 0 saturated carbocycles.